The number of nitrogens with zero attached hydrogens (tertiary/aromatic N) is 1. The van der Waals surface area contributed by atoms with Crippen LogP contribution in [0, 0.1) is 0 Å². The molecule has 0 aliphatic heterocycles. The van der Waals surface area contributed by atoms with Crippen LogP contribution in [0.25, 0.3) is 0 Å². The standard InChI is InChI=1S/C9H10BrN3O2/c1-5(8(11)14)13-9(15)6-2-3-12-4-7(6)10/h2-5H,1H3,(H2,11,14)(H,13,15)/t5-/m0/s1. The molecule has 0 radical (unpaired) electrons. The van der Waals surface area contributed by atoms with Crippen LogP contribution >= 0.6 is 15.9 Å². The Morgan fingerprint density at radius 2 is 2.27 bits per heavy atom. The topological polar surface area (TPSA) is 85.1 Å². The molecular formula is C9H10BrN3O2. The van der Waals surface area contributed by atoms with Gasteiger partial charge in [0.25, 0.3) is 5.91 Å². The first-order valence-corrected chi connectivity index (χ1v) is 5.01. The first-order valence-electron chi connectivity index (χ1n) is 4.22. The van der Waals surface area contributed by atoms with Gasteiger partial charge in [-0.15, -0.1) is 0 Å². The number of rotatable bonds is 3. The first-order chi connectivity index (χ1) is 7.02. The highest BCUT2D eigenvalue weighted by Crippen LogP contribution is 2.13. The van der Waals surface area contributed by atoms with Crippen molar-refractivity contribution in [2.24, 2.45) is 5.73 Å². The quantitative estimate of drug-likeness (QED) is 0.837. The Labute approximate surface area is 95.2 Å². The highest BCUT2D eigenvalue weighted by Gasteiger charge is 2.15. The molecule has 0 fully saturated rings. The van der Waals surface area contributed by atoms with E-state index in [9.17, 15) is 9.59 Å². The Hall–Kier alpha value is -1.43. The van der Waals surface area contributed by atoms with Gasteiger partial charge in [-0.3, -0.25) is 14.6 Å². The maximum atomic E-state index is 11.6. The second kappa shape index (κ2) is 4.88. The molecule has 0 aliphatic rings. The molecule has 0 spiro atoms. The van der Waals surface area contributed by atoms with Gasteiger partial charge in [-0.1, -0.05) is 0 Å². The zero-order valence-corrected chi connectivity index (χ0v) is 9.61. The molecule has 80 valence electrons. The molecule has 15 heavy (non-hydrogen) atoms. The smallest absolute Gasteiger partial charge is 0.253 e. The SMILES string of the molecule is C[C@H](NC(=O)c1ccncc1Br)C(N)=O. The largest absolute Gasteiger partial charge is 0.368 e. The lowest BCUT2D eigenvalue weighted by molar-refractivity contribution is -0.119. The molecule has 1 aromatic rings. The average Bonchev–Trinajstić information content (AvgIpc) is 2.18. The number of amides is 2. The van der Waals surface area contributed by atoms with Gasteiger partial charge in [0.2, 0.25) is 5.91 Å². The first kappa shape index (κ1) is 11.6. The Kier molecular flexibility index (Phi) is 3.79. The molecule has 0 saturated heterocycles. The fourth-order valence-corrected chi connectivity index (χ4v) is 1.34. The Bertz CT molecular complexity index is 395. The van der Waals surface area contributed by atoms with Crippen molar-refractivity contribution in [1.29, 1.82) is 0 Å². The molecule has 1 heterocycles. The number of nitrogens with two attached hydrogens (primary N) is 1. The summed E-state index contributed by atoms with van der Waals surface area (Å²) in [7, 11) is 0. The van der Waals surface area contributed by atoms with Crippen molar-refractivity contribution in [3.05, 3.63) is 28.5 Å². The summed E-state index contributed by atoms with van der Waals surface area (Å²) < 4.78 is 0.569. The van der Waals surface area contributed by atoms with Gasteiger partial charge in [0.1, 0.15) is 6.04 Å². The summed E-state index contributed by atoms with van der Waals surface area (Å²) in [6.45, 7) is 1.52. The third-order valence-corrected chi connectivity index (χ3v) is 2.42. The molecule has 1 atom stereocenters. The van der Waals surface area contributed by atoms with Crippen molar-refractivity contribution in [2.75, 3.05) is 0 Å². The molecule has 0 unspecified atom stereocenters. The minimum absolute atomic E-state index is 0.365. The molecule has 1 rings (SSSR count). The number of halogens is 1. The normalized spacial score (nSPS) is 11.9. The fraction of sp³-hybridized carbons (Fsp3) is 0.222. The van der Waals surface area contributed by atoms with Gasteiger partial charge in [-0.25, -0.2) is 0 Å². The van der Waals surface area contributed by atoms with Gasteiger partial charge >= 0.3 is 0 Å². The van der Waals surface area contributed by atoms with Crippen LogP contribution in [0.5, 0.6) is 0 Å². The Balaban J connectivity index is 2.78. The molecule has 0 aliphatic carbocycles. The van der Waals surface area contributed by atoms with E-state index in [-0.39, 0.29) is 5.91 Å². The number of carbonyl (C=O) groups is 2. The van der Waals surface area contributed by atoms with Gasteiger partial charge < -0.3 is 11.1 Å². The van der Waals surface area contributed by atoms with Crippen LogP contribution in [0.2, 0.25) is 0 Å². The predicted molar refractivity (Wildman–Crippen MR) is 58.1 cm³/mol. The summed E-state index contributed by atoms with van der Waals surface area (Å²) in [5.74, 6) is -0.941. The maximum Gasteiger partial charge on any atom is 0.253 e. The van der Waals surface area contributed by atoms with Crippen LogP contribution < -0.4 is 11.1 Å². The number of hydrogen-bond acceptors (Lipinski definition) is 3. The third-order valence-electron chi connectivity index (χ3n) is 1.79. The van der Waals surface area contributed by atoms with Crippen molar-refractivity contribution >= 4 is 27.7 Å². The van der Waals surface area contributed by atoms with E-state index in [2.05, 4.69) is 26.2 Å². The summed E-state index contributed by atoms with van der Waals surface area (Å²) in [4.78, 5) is 26.2. The van der Waals surface area contributed by atoms with E-state index in [0.717, 1.165) is 0 Å². The minimum atomic E-state index is -0.697. The van der Waals surface area contributed by atoms with Crippen molar-refractivity contribution in [2.45, 2.75) is 13.0 Å². The lowest BCUT2D eigenvalue weighted by Gasteiger charge is -2.10. The molecule has 6 heteroatoms. The third kappa shape index (κ3) is 3.02. The van der Waals surface area contributed by atoms with Crippen LogP contribution in [0.1, 0.15) is 17.3 Å². The van der Waals surface area contributed by atoms with Crippen molar-refractivity contribution < 1.29 is 9.59 Å². The number of carbonyl (C=O) groups excluding carboxylic acids is 2. The zero-order chi connectivity index (χ0) is 11.4. The fourth-order valence-electron chi connectivity index (χ4n) is 0.905. The van der Waals surface area contributed by atoms with Gasteiger partial charge in [-0.05, 0) is 28.9 Å². The van der Waals surface area contributed by atoms with Gasteiger partial charge in [0.05, 0.1) is 5.56 Å². The number of primary amides is 1. The molecule has 5 nitrogen and oxygen atoms in total. The van der Waals surface area contributed by atoms with Crippen molar-refractivity contribution in [1.82, 2.24) is 10.3 Å². The van der Waals surface area contributed by atoms with E-state index >= 15 is 0 Å². The molecule has 0 aromatic carbocycles. The number of hydrogen-bond donors (Lipinski definition) is 2. The van der Waals surface area contributed by atoms with Crippen LogP contribution in [0.3, 0.4) is 0 Å². The molecule has 2 amide bonds. The van der Waals surface area contributed by atoms with E-state index in [4.69, 9.17) is 5.73 Å². The second-order valence-electron chi connectivity index (χ2n) is 2.95. The zero-order valence-electron chi connectivity index (χ0n) is 8.03. The molecule has 0 bridgehead atoms. The van der Waals surface area contributed by atoms with Crippen LogP contribution in [0.4, 0.5) is 0 Å². The molecular weight excluding hydrogens is 262 g/mol. The molecule has 1 aromatic heterocycles. The van der Waals surface area contributed by atoms with Gasteiger partial charge in [0, 0.05) is 16.9 Å². The summed E-state index contributed by atoms with van der Waals surface area (Å²) in [5.41, 5.74) is 5.44. The molecule has 3 N–H and O–H groups in total. The highest BCUT2D eigenvalue weighted by atomic mass is 79.9. The van der Waals surface area contributed by atoms with Crippen LogP contribution in [0.15, 0.2) is 22.9 Å². The highest BCUT2D eigenvalue weighted by molar-refractivity contribution is 9.10. The Morgan fingerprint density at radius 1 is 1.60 bits per heavy atom. The van der Waals surface area contributed by atoms with Gasteiger partial charge in [0.15, 0.2) is 0 Å². The minimum Gasteiger partial charge on any atom is -0.368 e. The maximum absolute atomic E-state index is 11.6. The Morgan fingerprint density at radius 3 is 2.80 bits per heavy atom. The predicted octanol–water partition coefficient (Wildman–Crippen LogP) is 0.448. The lowest BCUT2D eigenvalue weighted by Crippen LogP contribution is -2.42. The van der Waals surface area contributed by atoms with Crippen LogP contribution in [-0.4, -0.2) is 22.8 Å². The van der Waals surface area contributed by atoms with Crippen LogP contribution in [-0.2, 0) is 4.79 Å². The lowest BCUT2D eigenvalue weighted by atomic mass is 10.2. The average molecular weight is 272 g/mol. The summed E-state index contributed by atoms with van der Waals surface area (Å²) in [6, 6.07) is 0.852. The van der Waals surface area contributed by atoms with E-state index in [1.807, 2.05) is 0 Å². The second-order valence-corrected chi connectivity index (χ2v) is 3.81. The van der Waals surface area contributed by atoms with Crippen molar-refractivity contribution in [3.8, 4) is 0 Å². The molecule has 0 saturated carbocycles. The van der Waals surface area contributed by atoms with E-state index in [1.165, 1.54) is 19.3 Å². The van der Waals surface area contributed by atoms with E-state index in [0.29, 0.717) is 10.0 Å². The number of aromatic nitrogens is 1. The monoisotopic (exact) mass is 271 g/mol. The van der Waals surface area contributed by atoms with E-state index < -0.39 is 11.9 Å². The number of nitrogens with one attached hydrogen (secondary N) is 1. The summed E-state index contributed by atoms with van der Waals surface area (Å²) in [5, 5.41) is 2.47. The van der Waals surface area contributed by atoms with E-state index in [1.54, 1.807) is 6.07 Å². The number of pyridine rings is 1. The van der Waals surface area contributed by atoms with Crippen molar-refractivity contribution in [3.63, 3.8) is 0 Å². The summed E-state index contributed by atoms with van der Waals surface area (Å²) >= 11 is 3.18. The van der Waals surface area contributed by atoms with Gasteiger partial charge in [-0.2, -0.15) is 0 Å². The summed E-state index contributed by atoms with van der Waals surface area (Å²) in [6.07, 6.45) is 3.00.